The van der Waals surface area contributed by atoms with Gasteiger partial charge in [-0.05, 0) is 29.7 Å². The molecular weight excluding hydrogens is 306 g/mol. The Morgan fingerprint density at radius 3 is 2.47 bits per heavy atom. The van der Waals surface area contributed by atoms with Crippen LogP contribution >= 0.6 is 15.9 Å². The van der Waals surface area contributed by atoms with Gasteiger partial charge in [0.2, 0.25) is 5.91 Å². The van der Waals surface area contributed by atoms with E-state index in [0.29, 0.717) is 13.1 Å². The normalized spacial score (nSPS) is 17.8. The van der Waals surface area contributed by atoms with Gasteiger partial charge in [0.25, 0.3) is 0 Å². The van der Waals surface area contributed by atoms with Crippen molar-refractivity contribution in [1.82, 2.24) is 4.90 Å². The Hall–Kier alpha value is -1.13. The first kappa shape index (κ1) is 14.3. The highest BCUT2D eigenvalue weighted by atomic mass is 79.9. The first-order valence-corrected chi connectivity index (χ1v) is 7.15. The van der Waals surface area contributed by atoms with Gasteiger partial charge in [-0.2, -0.15) is 0 Å². The van der Waals surface area contributed by atoms with Gasteiger partial charge in [-0.3, -0.25) is 4.79 Å². The van der Waals surface area contributed by atoms with E-state index in [9.17, 15) is 9.90 Å². The third-order valence-corrected chi connectivity index (χ3v) is 4.13. The second-order valence-corrected chi connectivity index (χ2v) is 6.25. The van der Waals surface area contributed by atoms with Gasteiger partial charge in [0.05, 0.1) is 13.1 Å². The minimum Gasteiger partial charge on any atom is -0.386 e. The second kappa shape index (κ2) is 5.47. The number of hydrogen-bond donors (Lipinski definition) is 1. The average Bonchev–Trinajstić information content (AvgIpc) is 2.33. The van der Waals surface area contributed by atoms with Crippen LogP contribution in [0.25, 0.3) is 6.08 Å². The van der Waals surface area contributed by atoms with Crippen LogP contribution in [0, 0.1) is 5.92 Å². The van der Waals surface area contributed by atoms with Crippen LogP contribution in [0.4, 0.5) is 0 Å². The van der Waals surface area contributed by atoms with E-state index in [1.54, 1.807) is 17.1 Å². The standard InChI is InChI=1S/C15H18BrNO2/c1-11(2)15(19)9-17(10-15)14(18)8-5-12-3-6-13(16)7-4-12/h3-8,11,19H,9-10H2,1-2H3. The molecule has 0 bridgehead atoms. The number of halogens is 1. The molecule has 1 aliphatic rings. The lowest BCUT2D eigenvalue weighted by Crippen LogP contribution is -2.65. The van der Waals surface area contributed by atoms with E-state index in [1.807, 2.05) is 38.1 Å². The van der Waals surface area contributed by atoms with Gasteiger partial charge < -0.3 is 10.0 Å². The van der Waals surface area contributed by atoms with E-state index in [4.69, 9.17) is 0 Å². The van der Waals surface area contributed by atoms with E-state index < -0.39 is 5.60 Å². The third kappa shape index (κ3) is 3.25. The number of hydrogen-bond acceptors (Lipinski definition) is 2. The lowest BCUT2D eigenvalue weighted by molar-refractivity contribution is -0.158. The summed E-state index contributed by atoms with van der Waals surface area (Å²) in [6.45, 7) is 4.79. The molecule has 0 aromatic heterocycles. The van der Waals surface area contributed by atoms with E-state index >= 15 is 0 Å². The fourth-order valence-electron chi connectivity index (χ4n) is 1.98. The van der Waals surface area contributed by atoms with Gasteiger partial charge in [0, 0.05) is 10.5 Å². The molecule has 0 saturated carbocycles. The number of carbonyl (C=O) groups excluding carboxylic acids is 1. The number of benzene rings is 1. The molecule has 0 aliphatic carbocycles. The quantitative estimate of drug-likeness (QED) is 0.869. The Labute approximate surface area is 122 Å². The molecule has 2 rings (SSSR count). The highest BCUT2D eigenvalue weighted by molar-refractivity contribution is 9.10. The summed E-state index contributed by atoms with van der Waals surface area (Å²) in [6.07, 6.45) is 3.35. The number of aliphatic hydroxyl groups is 1. The molecule has 1 N–H and O–H groups in total. The summed E-state index contributed by atoms with van der Waals surface area (Å²) in [5, 5.41) is 10.1. The highest BCUT2D eigenvalue weighted by Gasteiger charge is 2.45. The van der Waals surface area contributed by atoms with E-state index in [2.05, 4.69) is 15.9 Å². The van der Waals surface area contributed by atoms with Crippen molar-refractivity contribution in [3.63, 3.8) is 0 Å². The van der Waals surface area contributed by atoms with Crippen LogP contribution in [0.2, 0.25) is 0 Å². The van der Waals surface area contributed by atoms with E-state index in [1.165, 1.54) is 0 Å². The molecule has 0 unspecified atom stereocenters. The second-order valence-electron chi connectivity index (χ2n) is 5.34. The third-order valence-electron chi connectivity index (χ3n) is 3.60. The SMILES string of the molecule is CC(C)C1(O)CN(C(=O)C=Cc2ccc(Br)cc2)C1. The van der Waals surface area contributed by atoms with Crippen LogP contribution < -0.4 is 0 Å². The molecule has 102 valence electrons. The number of carbonyl (C=O) groups is 1. The van der Waals surface area contributed by atoms with Crippen LogP contribution in [0.1, 0.15) is 19.4 Å². The minimum absolute atomic E-state index is 0.0479. The number of nitrogens with zero attached hydrogens (tertiary/aromatic N) is 1. The topological polar surface area (TPSA) is 40.5 Å². The molecule has 1 aliphatic heterocycles. The van der Waals surface area contributed by atoms with Crippen molar-refractivity contribution in [2.45, 2.75) is 19.4 Å². The fraction of sp³-hybridized carbons (Fsp3) is 0.400. The summed E-state index contributed by atoms with van der Waals surface area (Å²) in [5.41, 5.74) is 0.275. The zero-order valence-corrected chi connectivity index (χ0v) is 12.7. The maximum absolute atomic E-state index is 11.9. The van der Waals surface area contributed by atoms with E-state index in [-0.39, 0.29) is 11.8 Å². The monoisotopic (exact) mass is 323 g/mol. The molecule has 4 heteroatoms. The van der Waals surface area contributed by atoms with Gasteiger partial charge in [-0.25, -0.2) is 0 Å². The summed E-state index contributed by atoms with van der Waals surface area (Å²) in [5.74, 6) is 0.125. The van der Waals surface area contributed by atoms with Crippen molar-refractivity contribution in [3.05, 3.63) is 40.4 Å². The first-order chi connectivity index (χ1) is 8.90. The van der Waals surface area contributed by atoms with Crippen molar-refractivity contribution >= 4 is 27.9 Å². The van der Waals surface area contributed by atoms with Crippen molar-refractivity contribution in [2.75, 3.05) is 13.1 Å². The molecule has 1 aromatic carbocycles. The Morgan fingerprint density at radius 1 is 1.37 bits per heavy atom. The zero-order chi connectivity index (χ0) is 14.0. The van der Waals surface area contributed by atoms with Crippen LogP contribution in [0.3, 0.4) is 0 Å². The summed E-state index contributed by atoms with van der Waals surface area (Å²) >= 11 is 3.37. The molecule has 1 fully saturated rings. The average molecular weight is 324 g/mol. The van der Waals surface area contributed by atoms with Gasteiger partial charge in [-0.15, -0.1) is 0 Å². The molecule has 0 radical (unpaired) electrons. The largest absolute Gasteiger partial charge is 0.386 e. The summed E-state index contributed by atoms with van der Waals surface area (Å²) < 4.78 is 1.01. The van der Waals surface area contributed by atoms with Gasteiger partial charge in [-0.1, -0.05) is 41.9 Å². The molecule has 1 heterocycles. The number of rotatable bonds is 3. The summed E-state index contributed by atoms with van der Waals surface area (Å²) in [7, 11) is 0. The lowest BCUT2D eigenvalue weighted by Gasteiger charge is -2.48. The van der Waals surface area contributed by atoms with Crippen LogP contribution in [-0.2, 0) is 4.79 Å². The van der Waals surface area contributed by atoms with Gasteiger partial charge in [0.15, 0.2) is 0 Å². The molecule has 19 heavy (non-hydrogen) atoms. The summed E-state index contributed by atoms with van der Waals surface area (Å²) in [6, 6.07) is 7.75. The van der Waals surface area contributed by atoms with E-state index in [0.717, 1.165) is 10.0 Å². The molecule has 1 amide bonds. The Bertz CT molecular complexity index is 487. The molecule has 0 atom stereocenters. The van der Waals surface area contributed by atoms with Gasteiger partial charge >= 0.3 is 0 Å². The predicted molar refractivity (Wildman–Crippen MR) is 79.5 cm³/mol. The predicted octanol–water partition coefficient (Wildman–Crippen LogP) is 2.69. The number of likely N-dealkylation sites (tertiary alicyclic amines) is 1. The molecule has 1 aromatic rings. The fourth-order valence-corrected chi connectivity index (χ4v) is 2.25. The maximum atomic E-state index is 11.9. The molecule has 1 saturated heterocycles. The molecular formula is C15H18BrNO2. The Morgan fingerprint density at radius 2 is 1.95 bits per heavy atom. The van der Waals surface area contributed by atoms with Crippen LogP contribution in [0.15, 0.2) is 34.8 Å². The Balaban J connectivity index is 1.91. The van der Waals surface area contributed by atoms with Crippen molar-refractivity contribution < 1.29 is 9.90 Å². The highest BCUT2D eigenvalue weighted by Crippen LogP contribution is 2.28. The minimum atomic E-state index is -0.707. The first-order valence-electron chi connectivity index (χ1n) is 6.36. The smallest absolute Gasteiger partial charge is 0.246 e. The molecule has 0 spiro atoms. The van der Waals surface area contributed by atoms with Crippen molar-refractivity contribution in [2.24, 2.45) is 5.92 Å². The maximum Gasteiger partial charge on any atom is 0.246 e. The lowest BCUT2D eigenvalue weighted by atomic mass is 9.83. The Kier molecular flexibility index (Phi) is 4.11. The molecule has 3 nitrogen and oxygen atoms in total. The van der Waals surface area contributed by atoms with Crippen LogP contribution in [0.5, 0.6) is 0 Å². The van der Waals surface area contributed by atoms with Crippen molar-refractivity contribution in [3.8, 4) is 0 Å². The van der Waals surface area contributed by atoms with Crippen LogP contribution in [-0.4, -0.2) is 34.6 Å². The summed E-state index contributed by atoms with van der Waals surface area (Å²) in [4.78, 5) is 13.6. The number of amides is 1. The van der Waals surface area contributed by atoms with Gasteiger partial charge in [0.1, 0.15) is 5.60 Å². The van der Waals surface area contributed by atoms with Crippen molar-refractivity contribution in [1.29, 1.82) is 0 Å². The number of β-amino-alcohol motifs (C(OH)–C–C–N with tert-alkyl or cyclic N) is 1. The zero-order valence-electron chi connectivity index (χ0n) is 11.1.